The van der Waals surface area contributed by atoms with E-state index >= 15 is 0 Å². The van der Waals surface area contributed by atoms with E-state index in [1.54, 1.807) is 0 Å². The number of aryl methyl sites for hydroxylation is 1. The lowest BCUT2D eigenvalue weighted by molar-refractivity contribution is 0.626. The zero-order chi connectivity index (χ0) is 11.4. The molecule has 0 aliphatic carbocycles. The van der Waals surface area contributed by atoms with Gasteiger partial charge in [0.05, 0.1) is 0 Å². The van der Waals surface area contributed by atoms with Crippen molar-refractivity contribution in [2.45, 2.75) is 6.92 Å². The first-order chi connectivity index (χ1) is 7.75. The first-order valence-corrected chi connectivity index (χ1v) is 7.00. The van der Waals surface area contributed by atoms with Crippen molar-refractivity contribution in [3.05, 3.63) is 60.2 Å². The van der Waals surface area contributed by atoms with E-state index in [0.717, 1.165) is 5.75 Å². The lowest BCUT2D eigenvalue weighted by Crippen LogP contribution is -2.02. The minimum Gasteiger partial charge on any atom is -0.470 e. The minimum absolute atomic E-state index is 0.562. The molecule has 0 N–H and O–H groups in total. The maximum atomic E-state index is 5.92. The molecule has 2 rings (SSSR count). The molecule has 2 aromatic carbocycles. The average molecular weight is 230 g/mol. The van der Waals surface area contributed by atoms with Crippen LogP contribution in [0.1, 0.15) is 5.56 Å². The van der Waals surface area contributed by atoms with Gasteiger partial charge < -0.3 is 4.52 Å². The van der Waals surface area contributed by atoms with E-state index in [2.05, 4.69) is 37.9 Å². The molecular formula is C14H15OP. The van der Waals surface area contributed by atoms with Gasteiger partial charge in [-0.2, -0.15) is 0 Å². The van der Waals surface area contributed by atoms with Crippen molar-refractivity contribution in [2.75, 3.05) is 6.66 Å². The van der Waals surface area contributed by atoms with Crippen molar-refractivity contribution in [2.24, 2.45) is 0 Å². The first-order valence-electron chi connectivity index (χ1n) is 5.29. The molecule has 16 heavy (non-hydrogen) atoms. The van der Waals surface area contributed by atoms with E-state index in [1.807, 2.05) is 30.3 Å². The topological polar surface area (TPSA) is 9.23 Å². The van der Waals surface area contributed by atoms with Gasteiger partial charge in [0.1, 0.15) is 13.9 Å². The second-order valence-corrected chi connectivity index (χ2v) is 5.43. The fourth-order valence-corrected chi connectivity index (χ4v) is 2.58. The molecule has 0 aliphatic heterocycles. The fraction of sp³-hybridized carbons (Fsp3) is 0.143. The number of rotatable bonds is 3. The van der Waals surface area contributed by atoms with Gasteiger partial charge in [-0.3, -0.25) is 0 Å². The fourth-order valence-electron chi connectivity index (χ4n) is 1.45. The van der Waals surface area contributed by atoms with E-state index in [-0.39, 0.29) is 0 Å². The quantitative estimate of drug-likeness (QED) is 0.730. The summed E-state index contributed by atoms with van der Waals surface area (Å²) < 4.78 is 5.92. The van der Waals surface area contributed by atoms with Crippen molar-refractivity contribution >= 4 is 13.5 Å². The largest absolute Gasteiger partial charge is 0.470 e. The summed E-state index contributed by atoms with van der Waals surface area (Å²) in [6.07, 6.45) is 0. The number of hydrogen-bond donors (Lipinski definition) is 0. The summed E-state index contributed by atoms with van der Waals surface area (Å²) in [5.74, 6) is 0.947. The Balaban J connectivity index is 2.08. The van der Waals surface area contributed by atoms with Crippen LogP contribution >= 0.6 is 8.15 Å². The molecule has 0 saturated heterocycles. The van der Waals surface area contributed by atoms with Gasteiger partial charge >= 0.3 is 0 Å². The number of hydrogen-bond acceptors (Lipinski definition) is 1. The third kappa shape index (κ3) is 2.84. The lowest BCUT2D eigenvalue weighted by atomic mass is 10.2. The van der Waals surface area contributed by atoms with Crippen LogP contribution < -0.4 is 9.83 Å². The molecule has 2 heteroatoms. The second-order valence-electron chi connectivity index (χ2n) is 3.74. The van der Waals surface area contributed by atoms with Crippen LogP contribution in [0.4, 0.5) is 0 Å². The normalized spacial score (nSPS) is 12.1. The summed E-state index contributed by atoms with van der Waals surface area (Å²) in [4.78, 5) is 0. The monoisotopic (exact) mass is 230 g/mol. The van der Waals surface area contributed by atoms with Crippen LogP contribution in [-0.2, 0) is 0 Å². The summed E-state index contributed by atoms with van der Waals surface area (Å²) in [6, 6.07) is 18.5. The Morgan fingerprint density at radius 1 is 0.875 bits per heavy atom. The minimum atomic E-state index is -0.562. The van der Waals surface area contributed by atoms with E-state index in [1.165, 1.54) is 10.9 Å². The van der Waals surface area contributed by atoms with E-state index in [9.17, 15) is 0 Å². The molecule has 0 radical (unpaired) electrons. The number of benzene rings is 2. The highest BCUT2D eigenvalue weighted by Crippen LogP contribution is 2.33. The SMILES string of the molecule is Cc1ccc(OP(C)c2ccccc2)cc1. The Labute approximate surface area is 97.9 Å². The Morgan fingerprint density at radius 3 is 2.12 bits per heavy atom. The summed E-state index contributed by atoms with van der Waals surface area (Å²) >= 11 is 0. The van der Waals surface area contributed by atoms with Crippen LogP contribution in [-0.4, -0.2) is 6.66 Å². The molecule has 0 saturated carbocycles. The summed E-state index contributed by atoms with van der Waals surface area (Å²) in [6.45, 7) is 4.21. The summed E-state index contributed by atoms with van der Waals surface area (Å²) in [5.41, 5.74) is 1.26. The highest BCUT2D eigenvalue weighted by Gasteiger charge is 2.06. The van der Waals surface area contributed by atoms with E-state index in [4.69, 9.17) is 4.52 Å². The smallest absolute Gasteiger partial charge is 0.123 e. The van der Waals surface area contributed by atoms with Gasteiger partial charge in [0.15, 0.2) is 0 Å². The molecule has 0 spiro atoms. The van der Waals surface area contributed by atoms with Crippen LogP contribution in [0.15, 0.2) is 54.6 Å². The molecule has 1 atom stereocenters. The predicted octanol–water partition coefficient (Wildman–Crippen LogP) is 3.73. The molecule has 0 bridgehead atoms. The maximum Gasteiger partial charge on any atom is 0.123 e. The molecule has 2 aromatic rings. The second kappa shape index (κ2) is 5.14. The molecule has 0 aromatic heterocycles. The summed E-state index contributed by atoms with van der Waals surface area (Å²) in [5, 5.41) is 1.26. The van der Waals surface area contributed by atoms with Gasteiger partial charge in [-0.05, 0) is 25.7 Å². The summed E-state index contributed by atoms with van der Waals surface area (Å²) in [7, 11) is -0.562. The molecule has 0 amide bonds. The molecular weight excluding hydrogens is 215 g/mol. The first kappa shape index (κ1) is 11.2. The molecule has 1 unspecified atom stereocenters. The maximum absolute atomic E-state index is 5.92. The van der Waals surface area contributed by atoms with Gasteiger partial charge in [-0.15, -0.1) is 0 Å². The molecule has 0 aliphatic rings. The van der Waals surface area contributed by atoms with Crippen LogP contribution in [0.2, 0.25) is 0 Å². The van der Waals surface area contributed by atoms with Crippen molar-refractivity contribution in [1.82, 2.24) is 0 Å². The molecule has 1 nitrogen and oxygen atoms in total. The van der Waals surface area contributed by atoms with Crippen molar-refractivity contribution in [3.63, 3.8) is 0 Å². The zero-order valence-electron chi connectivity index (χ0n) is 9.55. The Hall–Kier alpha value is -1.33. The Bertz CT molecular complexity index is 436. The van der Waals surface area contributed by atoms with Crippen molar-refractivity contribution < 1.29 is 4.52 Å². The molecule has 0 fully saturated rings. The van der Waals surface area contributed by atoms with Crippen LogP contribution in [0, 0.1) is 6.92 Å². The van der Waals surface area contributed by atoms with Gasteiger partial charge in [0, 0.05) is 5.30 Å². The molecule has 82 valence electrons. The van der Waals surface area contributed by atoms with Gasteiger partial charge in [0.25, 0.3) is 0 Å². The predicted molar refractivity (Wildman–Crippen MR) is 70.7 cm³/mol. The van der Waals surface area contributed by atoms with Crippen LogP contribution in [0.3, 0.4) is 0 Å². The average Bonchev–Trinajstić information content (AvgIpc) is 2.33. The highest BCUT2D eigenvalue weighted by atomic mass is 31.1. The molecule has 0 heterocycles. The van der Waals surface area contributed by atoms with Crippen molar-refractivity contribution in [1.29, 1.82) is 0 Å². The van der Waals surface area contributed by atoms with Gasteiger partial charge in [-0.25, -0.2) is 0 Å². The van der Waals surface area contributed by atoms with Crippen LogP contribution in [0.25, 0.3) is 0 Å². The third-order valence-electron chi connectivity index (χ3n) is 2.38. The van der Waals surface area contributed by atoms with Crippen LogP contribution in [0.5, 0.6) is 5.75 Å². The lowest BCUT2D eigenvalue weighted by Gasteiger charge is -2.14. The van der Waals surface area contributed by atoms with E-state index in [0.29, 0.717) is 0 Å². The van der Waals surface area contributed by atoms with Gasteiger partial charge in [-0.1, -0.05) is 48.0 Å². The Kier molecular flexibility index (Phi) is 3.58. The third-order valence-corrected chi connectivity index (χ3v) is 3.89. The Morgan fingerprint density at radius 2 is 1.50 bits per heavy atom. The van der Waals surface area contributed by atoms with Gasteiger partial charge in [0.2, 0.25) is 0 Å². The highest BCUT2D eigenvalue weighted by molar-refractivity contribution is 7.60. The standard InChI is InChI=1S/C14H15OP/c1-12-8-10-13(11-9-12)15-16(2)14-6-4-3-5-7-14/h3-11H,1-2H3. The van der Waals surface area contributed by atoms with E-state index < -0.39 is 8.15 Å². The van der Waals surface area contributed by atoms with Crippen molar-refractivity contribution in [3.8, 4) is 5.75 Å². The zero-order valence-corrected chi connectivity index (χ0v) is 10.4.